The van der Waals surface area contributed by atoms with Crippen molar-refractivity contribution in [2.75, 3.05) is 0 Å². The largest absolute Gasteiger partial charge is 0.321 e. The van der Waals surface area contributed by atoms with Crippen molar-refractivity contribution >= 4 is 0 Å². The molecule has 0 fully saturated rings. The maximum Gasteiger partial charge on any atom is 0.0430 e. The Morgan fingerprint density at radius 2 is 1.77 bits per heavy atom. The molecule has 1 atom stereocenters. The van der Waals surface area contributed by atoms with E-state index >= 15 is 0 Å². The number of rotatable bonds is 3. The Balaban J connectivity index is 3.03. The lowest BCUT2D eigenvalue weighted by Crippen LogP contribution is -2.41. The molecule has 72 valence electrons. The fourth-order valence-electron chi connectivity index (χ4n) is 1.69. The molecule has 2 N–H and O–H groups in total. The van der Waals surface area contributed by atoms with Crippen LogP contribution in [-0.4, -0.2) is 0 Å². The lowest BCUT2D eigenvalue weighted by Gasteiger charge is -2.33. The predicted molar refractivity (Wildman–Crippen MR) is 57.4 cm³/mol. The van der Waals surface area contributed by atoms with E-state index in [1.807, 2.05) is 6.07 Å². The Bertz CT molecular complexity index is 253. The zero-order valence-electron chi connectivity index (χ0n) is 8.75. The summed E-state index contributed by atoms with van der Waals surface area (Å²) in [4.78, 5) is 0. The highest BCUT2D eigenvalue weighted by Crippen LogP contribution is 2.29. The monoisotopic (exact) mass is 177 g/mol. The third-order valence-electron chi connectivity index (χ3n) is 2.93. The minimum atomic E-state index is -0.165. The van der Waals surface area contributed by atoms with Gasteiger partial charge in [0.25, 0.3) is 0 Å². The molecule has 1 nitrogen and oxygen atoms in total. The third kappa shape index (κ3) is 1.92. The normalized spacial score (nSPS) is 15.8. The molecule has 1 unspecified atom stereocenters. The molecule has 0 aromatic heterocycles. The molecule has 0 radical (unpaired) electrons. The van der Waals surface area contributed by atoms with Crippen LogP contribution in [0.15, 0.2) is 30.3 Å². The Hall–Kier alpha value is -0.820. The molecule has 0 bridgehead atoms. The first kappa shape index (κ1) is 10.3. The quantitative estimate of drug-likeness (QED) is 0.754. The van der Waals surface area contributed by atoms with Gasteiger partial charge in [0.05, 0.1) is 0 Å². The Kier molecular flexibility index (Phi) is 3.10. The van der Waals surface area contributed by atoms with Gasteiger partial charge in [0.1, 0.15) is 0 Å². The third-order valence-corrected chi connectivity index (χ3v) is 2.93. The van der Waals surface area contributed by atoms with Crippen molar-refractivity contribution in [2.24, 2.45) is 11.7 Å². The van der Waals surface area contributed by atoms with Crippen molar-refractivity contribution in [3.8, 4) is 0 Å². The van der Waals surface area contributed by atoms with Gasteiger partial charge in [0.15, 0.2) is 0 Å². The van der Waals surface area contributed by atoms with Crippen LogP contribution in [0.4, 0.5) is 0 Å². The van der Waals surface area contributed by atoms with Gasteiger partial charge in [0.2, 0.25) is 0 Å². The van der Waals surface area contributed by atoms with Crippen LogP contribution in [0.3, 0.4) is 0 Å². The first-order valence-corrected chi connectivity index (χ1v) is 4.95. The van der Waals surface area contributed by atoms with Gasteiger partial charge in [-0.25, -0.2) is 0 Å². The van der Waals surface area contributed by atoms with Gasteiger partial charge in [-0.1, -0.05) is 51.1 Å². The van der Waals surface area contributed by atoms with Gasteiger partial charge in [-0.3, -0.25) is 0 Å². The van der Waals surface area contributed by atoms with Crippen LogP contribution in [0, 0.1) is 5.92 Å². The van der Waals surface area contributed by atoms with Crippen LogP contribution in [0.5, 0.6) is 0 Å². The number of benzene rings is 1. The molecule has 13 heavy (non-hydrogen) atoms. The van der Waals surface area contributed by atoms with E-state index in [1.54, 1.807) is 0 Å². The van der Waals surface area contributed by atoms with Crippen LogP contribution in [-0.2, 0) is 5.54 Å². The molecule has 0 aliphatic heterocycles. The van der Waals surface area contributed by atoms with E-state index in [0.29, 0.717) is 5.92 Å². The molecule has 0 aliphatic carbocycles. The predicted octanol–water partition coefficient (Wildman–Crippen LogP) is 2.91. The maximum atomic E-state index is 6.36. The molecule has 1 aromatic rings. The van der Waals surface area contributed by atoms with Crippen LogP contribution in [0.1, 0.15) is 32.8 Å². The molecule has 0 heterocycles. The topological polar surface area (TPSA) is 26.0 Å². The summed E-state index contributed by atoms with van der Waals surface area (Å²) in [5.74, 6) is 0.472. The molecule has 0 saturated heterocycles. The highest BCUT2D eigenvalue weighted by molar-refractivity contribution is 5.24. The molecule has 1 aromatic carbocycles. The van der Waals surface area contributed by atoms with Crippen molar-refractivity contribution in [3.05, 3.63) is 35.9 Å². The number of hydrogen-bond donors (Lipinski definition) is 1. The molecule has 0 saturated carbocycles. The first-order valence-electron chi connectivity index (χ1n) is 4.95. The van der Waals surface area contributed by atoms with Crippen LogP contribution < -0.4 is 5.73 Å². The van der Waals surface area contributed by atoms with E-state index in [9.17, 15) is 0 Å². The van der Waals surface area contributed by atoms with E-state index in [-0.39, 0.29) is 5.54 Å². The van der Waals surface area contributed by atoms with Gasteiger partial charge in [-0.05, 0) is 17.9 Å². The van der Waals surface area contributed by atoms with Gasteiger partial charge in [-0.2, -0.15) is 0 Å². The van der Waals surface area contributed by atoms with Crippen LogP contribution >= 0.6 is 0 Å². The lowest BCUT2D eigenvalue weighted by atomic mass is 9.79. The van der Waals surface area contributed by atoms with E-state index in [4.69, 9.17) is 5.73 Å². The highest BCUT2D eigenvalue weighted by Gasteiger charge is 2.28. The van der Waals surface area contributed by atoms with E-state index in [2.05, 4.69) is 45.0 Å². The van der Waals surface area contributed by atoms with Crippen molar-refractivity contribution in [3.63, 3.8) is 0 Å². The van der Waals surface area contributed by atoms with Gasteiger partial charge < -0.3 is 5.73 Å². The summed E-state index contributed by atoms with van der Waals surface area (Å²) in [6, 6.07) is 10.4. The van der Waals surface area contributed by atoms with Crippen molar-refractivity contribution in [2.45, 2.75) is 32.7 Å². The highest BCUT2D eigenvalue weighted by atomic mass is 14.7. The second-order valence-electron chi connectivity index (χ2n) is 3.91. The molecule has 0 amide bonds. The van der Waals surface area contributed by atoms with Crippen molar-refractivity contribution in [1.82, 2.24) is 0 Å². The van der Waals surface area contributed by atoms with E-state index < -0.39 is 0 Å². The van der Waals surface area contributed by atoms with Crippen molar-refractivity contribution in [1.29, 1.82) is 0 Å². The second kappa shape index (κ2) is 3.93. The minimum Gasteiger partial charge on any atom is -0.321 e. The summed E-state index contributed by atoms with van der Waals surface area (Å²) < 4.78 is 0. The first-order chi connectivity index (χ1) is 6.11. The molecule has 0 aliphatic rings. The molecular weight excluding hydrogens is 158 g/mol. The molecule has 1 rings (SSSR count). The average molecular weight is 177 g/mol. The second-order valence-corrected chi connectivity index (χ2v) is 3.91. The SMILES string of the molecule is CCC(N)(c1ccccc1)C(C)C. The van der Waals surface area contributed by atoms with E-state index in [0.717, 1.165) is 6.42 Å². The molecule has 1 heteroatoms. The summed E-state index contributed by atoms with van der Waals surface area (Å²) in [6.45, 7) is 6.50. The average Bonchev–Trinajstić information content (AvgIpc) is 2.17. The summed E-state index contributed by atoms with van der Waals surface area (Å²) in [5.41, 5.74) is 7.44. The molecule has 0 spiro atoms. The van der Waals surface area contributed by atoms with Gasteiger partial charge >= 0.3 is 0 Å². The maximum absolute atomic E-state index is 6.36. The summed E-state index contributed by atoms with van der Waals surface area (Å²) in [5, 5.41) is 0. The van der Waals surface area contributed by atoms with Crippen LogP contribution in [0.2, 0.25) is 0 Å². The Morgan fingerprint density at radius 1 is 1.23 bits per heavy atom. The van der Waals surface area contributed by atoms with Gasteiger partial charge in [0, 0.05) is 5.54 Å². The number of hydrogen-bond acceptors (Lipinski definition) is 1. The zero-order valence-corrected chi connectivity index (χ0v) is 8.75. The van der Waals surface area contributed by atoms with Crippen molar-refractivity contribution < 1.29 is 0 Å². The summed E-state index contributed by atoms with van der Waals surface area (Å²) in [6.07, 6.45) is 0.981. The molecular formula is C12H19N. The smallest absolute Gasteiger partial charge is 0.0430 e. The Labute approximate surface area is 81.0 Å². The number of nitrogens with two attached hydrogens (primary N) is 1. The summed E-state index contributed by atoms with van der Waals surface area (Å²) in [7, 11) is 0. The summed E-state index contributed by atoms with van der Waals surface area (Å²) >= 11 is 0. The van der Waals surface area contributed by atoms with Crippen LogP contribution in [0.25, 0.3) is 0 Å². The fraction of sp³-hybridized carbons (Fsp3) is 0.500. The minimum absolute atomic E-state index is 0.165. The lowest BCUT2D eigenvalue weighted by molar-refractivity contribution is 0.306. The fourth-order valence-corrected chi connectivity index (χ4v) is 1.69. The zero-order chi connectivity index (χ0) is 9.90. The van der Waals surface area contributed by atoms with Gasteiger partial charge in [-0.15, -0.1) is 0 Å². The van der Waals surface area contributed by atoms with E-state index in [1.165, 1.54) is 5.56 Å². The Morgan fingerprint density at radius 3 is 2.15 bits per heavy atom. The standard InChI is InChI=1S/C12H19N/c1-4-12(13,10(2)3)11-8-6-5-7-9-11/h5-10H,4,13H2,1-3H3.